The van der Waals surface area contributed by atoms with E-state index >= 15 is 0 Å². The molecule has 0 amide bonds. The molecule has 0 saturated carbocycles. The van der Waals surface area contributed by atoms with Gasteiger partial charge in [0.1, 0.15) is 5.41 Å². The van der Waals surface area contributed by atoms with Gasteiger partial charge in [-0.2, -0.15) is 0 Å². The summed E-state index contributed by atoms with van der Waals surface area (Å²) in [6.45, 7) is 2.07. The molecule has 0 N–H and O–H groups in total. The van der Waals surface area contributed by atoms with Crippen LogP contribution < -0.4 is 0 Å². The van der Waals surface area contributed by atoms with E-state index in [2.05, 4.69) is 38.8 Å². The van der Waals surface area contributed by atoms with E-state index in [0.29, 0.717) is 12.0 Å². The van der Waals surface area contributed by atoms with Crippen LogP contribution in [0.25, 0.3) is 0 Å². The molecule has 2 nitrogen and oxygen atoms in total. The molecule has 0 aromatic heterocycles. The van der Waals surface area contributed by atoms with Crippen LogP contribution >= 0.6 is 31.9 Å². The molecule has 4 heteroatoms. The first-order valence-electron chi connectivity index (χ1n) is 7.52. The first-order chi connectivity index (χ1) is 11.0. The molecule has 2 aromatic rings. The van der Waals surface area contributed by atoms with Crippen LogP contribution in [0.5, 0.6) is 0 Å². The molecular formula is C19H18Br2O2. The van der Waals surface area contributed by atoms with Gasteiger partial charge in [-0.15, -0.1) is 0 Å². The highest BCUT2D eigenvalue weighted by atomic mass is 79.9. The van der Waals surface area contributed by atoms with Crippen molar-refractivity contribution in [3.63, 3.8) is 0 Å². The lowest BCUT2D eigenvalue weighted by Crippen LogP contribution is -2.40. The van der Waals surface area contributed by atoms with E-state index in [0.717, 1.165) is 12.0 Å². The van der Waals surface area contributed by atoms with Gasteiger partial charge in [0, 0.05) is 0 Å². The number of rotatable bonds is 7. The molecule has 0 aliphatic heterocycles. The van der Waals surface area contributed by atoms with Crippen molar-refractivity contribution < 1.29 is 9.59 Å². The van der Waals surface area contributed by atoms with Gasteiger partial charge in [0.2, 0.25) is 9.39 Å². The van der Waals surface area contributed by atoms with Crippen LogP contribution in [0.3, 0.4) is 0 Å². The second kappa shape index (κ2) is 8.02. The van der Waals surface area contributed by atoms with Gasteiger partial charge in [-0.1, -0.05) is 67.6 Å². The molecule has 0 aliphatic carbocycles. The predicted molar refractivity (Wildman–Crippen MR) is 100 cm³/mol. The maximum Gasteiger partial charge on any atom is 0.216 e. The van der Waals surface area contributed by atoms with Gasteiger partial charge in [0.15, 0.2) is 0 Å². The number of hydrogen-bond donors (Lipinski definition) is 0. The van der Waals surface area contributed by atoms with Crippen molar-refractivity contribution in [1.29, 1.82) is 0 Å². The van der Waals surface area contributed by atoms with E-state index in [-0.39, 0.29) is 15.3 Å². The second-order valence-corrected chi connectivity index (χ2v) is 6.98. The summed E-state index contributed by atoms with van der Waals surface area (Å²) in [4.78, 5) is 24.9. The highest BCUT2D eigenvalue weighted by Crippen LogP contribution is 2.41. The van der Waals surface area contributed by atoms with E-state index < -0.39 is 5.41 Å². The van der Waals surface area contributed by atoms with Crippen molar-refractivity contribution >= 4 is 41.2 Å². The molecule has 0 saturated heterocycles. The molecule has 2 rings (SSSR count). The number of carbonyl (C=O) groups excluding carboxylic acids is 2. The third kappa shape index (κ3) is 3.81. The monoisotopic (exact) mass is 436 g/mol. The second-order valence-electron chi connectivity index (χ2n) is 5.54. The number of benzene rings is 2. The van der Waals surface area contributed by atoms with E-state index in [1.54, 1.807) is 0 Å². The van der Waals surface area contributed by atoms with E-state index in [9.17, 15) is 9.59 Å². The number of hydrogen-bond acceptors (Lipinski definition) is 2. The van der Waals surface area contributed by atoms with Gasteiger partial charge in [-0.05, 0) is 61.7 Å². The van der Waals surface area contributed by atoms with Gasteiger partial charge in [-0.3, -0.25) is 9.59 Å². The Morgan fingerprint density at radius 1 is 0.913 bits per heavy atom. The van der Waals surface area contributed by atoms with Crippen LogP contribution in [0.2, 0.25) is 0 Å². The minimum Gasteiger partial charge on any atom is -0.285 e. The Balaban J connectivity index is 2.50. The third-order valence-corrected chi connectivity index (χ3v) is 5.61. The fourth-order valence-electron chi connectivity index (χ4n) is 2.90. The summed E-state index contributed by atoms with van der Waals surface area (Å²) in [6.07, 6.45) is 1.27. The lowest BCUT2D eigenvalue weighted by molar-refractivity contribution is -0.125. The first-order valence-corrected chi connectivity index (χ1v) is 9.11. The highest BCUT2D eigenvalue weighted by Gasteiger charge is 2.46. The van der Waals surface area contributed by atoms with Crippen molar-refractivity contribution in [1.82, 2.24) is 0 Å². The summed E-state index contributed by atoms with van der Waals surface area (Å²) in [6, 6.07) is 19.2. The third-order valence-electron chi connectivity index (χ3n) is 4.25. The topological polar surface area (TPSA) is 34.1 Å². The fraction of sp³-hybridized carbons (Fsp3) is 0.263. The first kappa shape index (κ1) is 18.1. The number of carbonyl (C=O) groups is 2. The fourth-order valence-corrected chi connectivity index (χ4v) is 4.31. The zero-order valence-electron chi connectivity index (χ0n) is 12.8. The normalized spacial score (nSPS) is 12.7. The Morgan fingerprint density at radius 3 is 1.83 bits per heavy atom. The number of halogens is 2. The van der Waals surface area contributed by atoms with E-state index in [1.165, 1.54) is 0 Å². The molecule has 2 aromatic carbocycles. The van der Waals surface area contributed by atoms with E-state index in [4.69, 9.17) is 0 Å². The summed E-state index contributed by atoms with van der Waals surface area (Å²) in [5.41, 5.74) is 0.619. The predicted octanol–water partition coefficient (Wildman–Crippen LogP) is 5.35. The van der Waals surface area contributed by atoms with Crippen LogP contribution in [-0.2, 0) is 15.0 Å². The van der Waals surface area contributed by atoms with Crippen molar-refractivity contribution in [3.05, 3.63) is 71.8 Å². The largest absolute Gasteiger partial charge is 0.285 e. The van der Waals surface area contributed by atoms with Crippen LogP contribution in [0.1, 0.15) is 36.8 Å². The summed E-state index contributed by atoms with van der Waals surface area (Å²) >= 11 is 6.15. The highest BCUT2D eigenvalue weighted by molar-refractivity contribution is 9.19. The maximum atomic E-state index is 12.5. The molecule has 0 radical (unpaired) electrons. The molecular weight excluding hydrogens is 420 g/mol. The van der Waals surface area contributed by atoms with E-state index in [1.807, 2.05) is 60.7 Å². The summed E-state index contributed by atoms with van der Waals surface area (Å²) in [5, 5.41) is 0. The Bertz CT molecular complexity index is 654. The SMILES string of the molecule is CCC(CC(C(=O)Br)(C(=O)Br)c1ccccc1)c1ccccc1. The lowest BCUT2D eigenvalue weighted by Gasteiger charge is -2.31. The molecule has 0 aliphatic rings. The standard InChI is InChI=1S/C19H18Br2O2/c1-2-14(15-9-5-3-6-10-15)13-19(17(20)22,18(21)23)16-11-7-4-8-12-16/h3-12,14H,2,13H2,1H3. The smallest absolute Gasteiger partial charge is 0.216 e. The Labute approximate surface area is 153 Å². The van der Waals surface area contributed by atoms with Gasteiger partial charge in [0.25, 0.3) is 0 Å². The molecule has 0 spiro atoms. The Morgan fingerprint density at radius 2 is 1.39 bits per heavy atom. The lowest BCUT2D eigenvalue weighted by atomic mass is 9.73. The van der Waals surface area contributed by atoms with Crippen molar-refractivity contribution in [2.45, 2.75) is 31.1 Å². The minimum atomic E-state index is -1.22. The average molecular weight is 438 g/mol. The van der Waals surface area contributed by atoms with Crippen LogP contribution in [0.4, 0.5) is 0 Å². The van der Waals surface area contributed by atoms with Crippen molar-refractivity contribution in [2.24, 2.45) is 0 Å². The van der Waals surface area contributed by atoms with Crippen molar-refractivity contribution in [3.8, 4) is 0 Å². The molecule has 0 fully saturated rings. The average Bonchev–Trinajstić information content (AvgIpc) is 2.57. The van der Waals surface area contributed by atoms with Crippen LogP contribution in [0.15, 0.2) is 60.7 Å². The summed E-state index contributed by atoms with van der Waals surface area (Å²) < 4.78 is -0.625. The molecule has 23 heavy (non-hydrogen) atoms. The summed E-state index contributed by atoms with van der Waals surface area (Å²) in [5.74, 6) is 0.111. The van der Waals surface area contributed by atoms with Crippen molar-refractivity contribution in [2.75, 3.05) is 0 Å². The van der Waals surface area contributed by atoms with Crippen LogP contribution in [0, 0.1) is 0 Å². The summed E-state index contributed by atoms with van der Waals surface area (Å²) in [7, 11) is 0. The zero-order valence-corrected chi connectivity index (χ0v) is 16.0. The molecule has 1 unspecified atom stereocenters. The molecule has 0 bridgehead atoms. The van der Waals surface area contributed by atoms with Gasteiger partial charge in [0.05, 0.1) is 0 Å². The van der Waals surface area contributed by atoms with Crippen LogP contribution in [-0.4, -0.2) is 9.39 Å². The maximum absolute atomic E-state index is 12.5. The van der Waals surface area contributed by atoms with Gasteiger partial charge >= 0.3 is 0 Å². The Hall–Kier alpha value is -1.26. The van der Waals surface area contributed by atoms with Gasteiger partial charge in [-0.25, -0.2) is 0 Å². The molecule has 1 atom stereocenters. The molecule has 0 heterocycles. The zero-order chi connectivity index (χ0) is 16.9. The Kier molecular flexibility index (Phi) is 6.31. The molecule has 120 valence electrons. The minimum absolute atomic E-state index is 0.111. The van der Waals surface area contributed by atoms with Gasteiger partial charge < -0.3 is 0 Å². The quantitative estimate of drug-likeness (QED) is 0.432.